The van der Waals surface area contributed by atoms with Gasteiger partial charge in [0.2, 0.25) is 0 Å². The maximum absolute atomic E-state index is 4.02. The largest absolute Gasteiger partial charge is 0.0988 e. The minimum absolute atomic E-state index is 0.858. The van der Waals surface area contributed by atoms with Gasteiger partial charge in [0.1, 0.15) is 0 Å². The molecular formula is C19H26. The van der Waals surface area contributed by atoms with Crippen LogP contribution >= 0.6 is 0 Å². The van der Waals surface area contributed by atoms with Crippen LogP contribution in [0.15, 0.2) is 73.4 Å². The lowest BCUT2D eigenvalue weighted by Gasteiger charge is -2.07. The molecule has 19 heavy (non-hydrogen) atoms. The second-order valence-corrected chi connectivity index (χ2v) is 4.42. The van der Waals surface area contributed by atoms with Crippen LogP contribution < -0.4 is 0 Å². The highest BCUT2D eigenvalue weighted by Gasteiger charge is 2.00. The van der Waals surface area contributed by atoms with E-state index in [-0.39, 0.29) is 0 Å². The second kappa shape index (κ2) is 9.16. The summed E-state index contributed by atoms with van der Waals surface area (Å²) in [6, 6.07) is 8.51. The van der Waals surface area contributed by atoms with Crippen LogP contribution in [0.5, 0.6) is 0 Å². The van der Waals surface area contributed by atoms with Crippen molar-refractivity contribution in [2.45, 2.75) is 33.6 Å². The van der Waals surface area contributed by atoms with Gasteiger partial charge in [-0.1, -0.05) is 81.7 Å². The van der Waals surface area contributed by atoms with Crippen LogP contribution in [0.25, 0.3) is 0 Å². The lowest BCUT2D eigenvalue weighted by atomic mass is 9.98. The quantitative estimate of drug-likeness (QED) is 0.573. The fourth-order valence-corrected chi connectivity index (χ4v) is 1.58. The van der Waals surface area contributed by atoms with Crippen molar-refractivity contribution < 1.29 is 0 Å². The fourth-order valence-electron chi connectivity index (χ4n) is 1.58. The van der Waals surface area contributed by atoms with Gasteiger partial charge in [0.25, 0.3) is 0 Å². The van der Waals surface area contributed by atoms with Crippen LogP contribution in [-0.4, -0.2) is 0 Å². The van der Waals surface area contributed by atoms with E-state index in [0.717, 1.165) is 29.6 Å². The van der Waals surface area contributed by atoms with Gasteiger partial charge in [0.15, 0.2) is 0 Å². The Morgan fingerprint density at radius 3 is 2.05 bits per heavy atom. The molecule has 0 aliphatic carbocycles. The lowest BCUT2D eigenvalue weighted by Crippen LogP contribution is -1.93. The molecule has 0 atom stereocenters. The molecule has 102 valence electrons. The van der Waals surface area contributed by atoms with Crippen molar-refractivity contribution in [2.24, 2.45) is 0 Å². The van der Waals surface area contributed by atoms with Crippen LogP contribution in [0.1, 0.15) is 31.9 Å². The summed E-state index contributed by atoms with van der Waals surface area (Å²) in [4.78, 5) is 0. The van der Waals surface area contributed by atoms with Crippen LogP contribution in [0.2, 0.25) is 0 Å². The molecule has 0 aromatic heterocycles. The Labute approximate surface area is 118 Å². The molecule has 0 aliphatic rings. The van der Waals surface area contributed by atoms with E-state index in [9.17, 15) is 0 Å². The van der Waals surface area contributed by atoms with Crippen molar-refractivity contribution in [1.82, 2.24) is 0 Å². The Bertz CT molecular complexity index is 461. The summed E-state index contributed by atoms with van der Waals surface area (Å²) in [7, 11) is 0. The van der Waals surface area contributed by atoms with Crippen molar-refractivity contribution in [3.05, 3.63) is 84.5 Å². The summed E-state index contributed by atoms with van der Waals surface area (Å²) in [5.74, 6) is 0. The summed E-state index contributed by atoms with van der Waals surface area (Å²) >= 11 is 0. The molecule has 1 rings (SSSR count). The molecule has 0 fully saturated rings. The van der Waals surface area contributed by atoms with Gasteiger partial charge >= 0.3 is 0 Å². The molecule has 0 nitrogen and oxygen atoms in total. The van der Waals surface area contributed by atoms with E-state index in [1.165, 1.54) is 11.1 Å². The van der Waals surface area contributed by atoms with Crippen LogP contribution in [0.4, 0.5) is 0 Å². The zero-order valence-corrected chi connectivity index (χ0v) is 12.6. The number of benzene rings is 1. The SMILES string of the molecule is C=CC(=C)Cc1cccc(CC(=C)C(=C)C)c1.CC. The van der Waals surface area contributed by atoms with Crippen molar-refractivity contribution in [1.29, 1.82) is 0 Å². The average Bonchev–Trinajstić information content (AvgIpc) is 2.41. The maximum atomic E-state index is 4.02. The van der Waals surface area contributed by atoms with Gasteiger partial charge in [-0.15, -0.1) is 0 Å². The summed E-state index contributed by atoms with van der Waals surface area (Å²) in [5.41, 5.74) is 5.71. The zero-order chi connectivity index (χ0) is 14.8. The van der Waals surface area contributed by atoms with E-state index >= 15 is 0 Å². The Morgan fingerprint density at radius 2 is 1.58 bits per heavy atom. The molecule has 1 aromatic carbocycles. The highest BCUT2D eigenvalue weighted by atomic mass is 14.1. The number of hydrogen-bond donors (Lipinski definition) is 0. The van der Waals surface area contributed by atoms with E-state index in [1.807, 2.05) is 20.8 Å². The van der Waals surface area contributed by atoms with Gasteiger partial charge in [-0.05, 0) is 36.5 Å². The molecule has 0 heterocycles. The van der Waals surface area contributed by atoms with Gasteiger partial charge in [0.05, 0.1) is 0 Å². The Morgan fingerprint density at radius 1 is 1.05 bits per heavy atom. The van der Waals surface area contributed by atoms with E-state index in [2.05, 4.69) is 50.6 Å². The minimum atomic E-state index is 0.858. The first-order valence-corrected chi connectivity index (χ1v) is 6.74. The number of rotatable bonds is 6. The fraction of sp³-hybridized carbons (Fsp3) is 0.263. The smallest absolute Gasteiger partial charge is 0.00291 e. The van der Waals surface area contributed by atoms with Gasteiger partial charge in [-0.25, -0.2) is 0 Å². The van der Waals surface area contributed by atoms with Gasteiger partial charge in [-0.3, -0.25) is 0 Å². The molecule has 0 spiro atoms. The monoisotopic (exact) mass is 254 g/mol. The third-order valence-corrected chi connectivity index (χ3v) is 2.73. The molecule has 0 saturated carbocycles. The minimum Gasteiger partial charge on any atom is -0.0988 e. The normalized spacial score (nSPS) is 9.00. The summed E-state index contributed by atoms with van der Waals surface area (Å²) < 4.78 is 0. The molecule has 0 bridgehead atoms. The standard InChI is InChI=1S/C17H20.C2H6/c1-6-14(4)10-16-8-7-9-17(12-16)11-15(5)13(2)3;1-2/h6-9,12H,1-2,4-5,10-11H2,3H3;1-2H3. The average molecular weight is 254 g/mol. The Balaban J connectivity index is 0.00000154. The van der Waals surface area contributed by atoms with Gasteiger partial charge in [-0.2, -0.15) is 0 Å². The maximum Gasteiger partial charge on any atom is -0.00291 e. The molecule has 0 N–H and O–H groups in total. The predicted octanol–water partition coefficient (Wildman–Crippen LogP) is 5.67. The Kier molecular flexibility index (Phi) is 8.28. The third kappa shape index (κ3) is 6.61. The molecule has 0 amide bonds. The number of hydrogen-bond acceptors (Lipinski definition) is 0. The van der Waals surface area contributed by atoms with Crippen LogP contribution in [0.3, 0.4) is 0 Å². The predicted molar refractivity (Wildman–Crippen MR) is 88.5 cm³/mol. The zero-order valence-electron chi connectivity index (χ0n) is 12.6. The molecular weight excluding hydrogens is 228 g/mol. The van der Waals surface area contributed by atoms with E-state index < -0.39 is 0 Å². The highest BCUT2D eigenvalue weighted by Crippen LogP contribution is 2.15. The molecule has 0 radical (unpaired) electrons. The summed E-state index contributed by atoms with van der Waals surface area (Å²) in [6.07, 6.45) is 3.53. The van der Waals surface area contributed by atoms with Crippen molar-refractivity contribution >= 4 is 0 Å². The van der Waals surface area contributed by atoms with Crippen molar-refractivity contribution in [3.8, 4) is 0 Å². The summed E-state index contributed by atoms with van der Waals surface area (Å²) in [5, 5.41) is 0. The van der Waals surface area contributed by atoms with E-state index in [4.69, 9.17) is 0 Å². The molecule has 0 aliphatic heterocycles. The first-order valence-electron chi connectivity index (χ1n) is 6.74. The molecule has 0 heteroatoms. The molecule has 0 unspecified atom stereocenters. The second-order valence-electron chi connectivity index (χ2n) is 4.42. The van der Waals surface area contributed by atoms with Crippen LogP contribution in [-0.2, 0) is 12.8 Å². The van der Waals surface area contributed by atoms with Crippen molar-refractivity contribution in [3.63, 3.8) is 0 Å². The van der Waals surface area contributed by atoms with E-state index in [0.29, 0.717) is 0 Å². The molecule has 0 saturated heterocycles. The topological polar surface area (TPSA) is 0 Å². The van der Waals surface area contributed by atoms with Crippen LogP contribution in [0, 0.1) is 0 Å². The molecule has 1 aromatic rings. The van der Waals surface area contributed by atoms with E-state index in [1.54, 1.807) is 6.08 Å². The van der Waals surface area contributed by atoms with Crippen molar-refractivity contribution in [2.75, 3.05) is 0 Å². The highest BCUT2D eigenvalue weighted by molar-refractivity contribution is 5.34. The lowest BCUT2D eigenvalue weighted by molar-refractivity contribution is 1.13. The first kappa shape index (κ1) is 17.2. The summed E-state index contributed by atoms with van der Waals surface area (Å²) in [6.45, 7) is 21.6. The first-order chi connectivity index (χ1) is 9.02. The van der Waals surface area contributed by atoms with Gasteiger partial charge in [0, 0.05) is 0 Å². The number of allylic oxidation sites excluding steroid dienone is 4. The third-order valence-electron chi connectivity index (χ3n) is 2.73. The van der Waals surface area contributed by atoms with Gasteiger partial charge < -0.3 is 0 Å². The Hall–Kier alpha value is -1.82.